The summed E-state index contributed by atoms with van der Waals surface area (Å²) in [5.74, 6) is 0. The van der Waals surface area contributed by atoms with Crippen LogP contribution in [0.2, 0.25) is 0 Å². The molecule has 1 fully saturated rings. The fourth-order valence-electron chi connectivity index (χ4n) is 4.09. The molecule has 0 amide bonds. The first kappa shape index (κ1) is 14.5. The zero-order valence-electron chi connectivity index (χ0n) is 13.5. The summed E-state index contributed by atoms with van der Waals surface area (Å²) >= 11 is 0. The minimum atomic E-state index is 0.209. The Bertz CT molecular complexity index is 644. The molecule has 0 radical (unpaired) electrons. The lowest BCUT2D eigenvalue weighted by molar-refractivity contribution is 0.196. The highest BCUT2D eigenvalue weighted by Crippen LogP contribution is 2.43. The second kappa shape index (κ2) is 6.57. The van der Waals surface area contributed by atoms with E-state index >= 15 is 0 Å². The van der Waals surface area contributed by atoms with Crippen molar-refractivity contribution < 1.29 is 0 Å². The van der Waals surface area contributed by atoms with Crippen molar-refractivity contribution in [1.82, 2.24) is 4.90 Å². The number of hydrogen-bond acceptors (Lipinski definition) is 2. The van der Waals surface area contributed by atoms with Crippen LogP contribution >= 0.6 is 0 Å². The molecule has 0 saturated heterocycles. The maximum absolute atomic E-state index is 4.92. The Morgan fingerprint density at radius 1 is 0.739 bits per heavy atom. The summed E-state index contributed by atoms with van der Waals surface area (Å²) in [6.07, 6.45) is 8.83. The van der Waals surface area contributed by atoms with Gasteiger partial charge in [-0.2, -0.15) is 0 Å². The summed E-state index contributed by atoms with van der Waals surface area (Å²) in [6.45, 7) is 0. The van der Waals surface area contributed by atoms with E-state index in [0.29, 0.717) is 12.1 Å². The van der Waals surface area contributed by atoms with Crippen LogP contribution in [0.15, 0.2) is 65.7 Å². The van der Waals surface area contributed by atoms with Gasteiger partial charge in [0.15, 0.2) is 0 Å². The molecule has 0 unspecified atom stereocenters. The van der Waals surface area contributed by atoms with Crippen molar-refractivity contribution in [2.24, 2.45) is 4.99 Å². The molecule has 1 aliphatic heterocycles. The van der Waals surface area contributed by atoms with E-state index in [1.54, 1.807) is 0 Å². The summed E-state index contributed by atoms with van der Waals surface area (Å²) < 4.78 is 0. The molecule has 118 valence electrons. The molecule has 1 saturated carbocycles. The van der Waals surface area contributed by atoms with Crippen molar-refractivity contribution in [3.63, 3.8) is 0 Å². The third kappa shape index (κ3) is 2.90. The van der Waals surface area contributed by atoms with Crippen LogP contribution in [0.5, 0.6) is 0 Å². The minimum Gasteiger partial charge on any atom is -0.350 e. The van der Waals surface area contributed by atoms with E-state index in [9.17, 15) is 0 Å². The quantitative estimate of drug-likeness (QED) is 0.766. The Morgan fingerprint density at radius 2 is 1.35 bits per heavy atom. The Kier molecular flexibility index (Phi) is 4.14. The molecule has 2 aliphatic rings. The predicted octanol–water partition coefficient (Wildman–Crippen LogP) is 5.15. The second-order valence-corrected chi connectivity index (χ2v) is 6.71. The Hall–Kier alpha value is -2.09. The lowest BCUT2D eigenvalue weighted by atomic mass is 9.89. The van der Waals surface area contributed by atoms with Gasteiger partial charge in [-0.3, -0.25) is 4.99 Å². The summed E-state index contributed by atoms with van der Waals surface area (Å²) in [7, 11) is 0. The van der Waals surface area contributed by atoms with Crippen molar-refractivity contribution in [2.45, 2.75) is 50.2 Å². The zero-order chi connectivity index (χ0) is 15.5. The van der Waals surface area contributed by atoms with Gasteiger partial charge in [0.2, 0.25) is 0 Å². The van der Waals surface area contributed by atoms with Crippen molar-refractivity contribution >= 4 is 6.34 Å². The molecule has 4 rings (SSSR count). The maximum atomic E-state index is 4.92. The number of aliphatic imine (C=N–C) groups is 1. The van der Waals surface area contributed by atoms with Crippen LogP contribution in [0.25, 0.3) is 0 Å². The highest BCUT2D eigenvalue weighted by Gasteiger charge is 2.36. The van der Waals surface area contributed by atoms with Crippen LogP contribution in [0, 0.1) is 0 Å². The topological polar surface area (TPSA) is 15.6 Å². The molecule has 2 aromatic carbocycles. The first-order valence-electron chi connectivity index (χ1n) is 8.84. The van der Waals surface area contributed by atoms with Gasteiger partial charge in [0.05, 0.1) is 12.4 Å². The number of rotatable bonds is 3. The fraction of sp³-hybridized carbons (Fsp3) is 0.381. The Morgan fingerprint density at radius 3 is 2.00 bits per heavy atom. The highest BCUT2D eigenvalue weighted by molar-refractivity contribution is 5.61. The van der Waals surface area contributed by atoms with Crippen molar-refractivity contribution in [3.8, 4) is 0 Å². The molecule has 1 heterocycles. The molecule has 2 atom stereocenters. The lowest BCUT2D eigenvalue weighted by Crippen LogP contribution is -2.37. The molecular formula is C21H24N2. The van der Waals surface area contributed by atoms with Gasteiger partial charge in [0.1, 0.15) is 6.04 Å². The average Bonchev–Trinajstić information content (AvgIpc) is 3.09. The van der Waals surface area contributed by atoms with Gasteiger partial charge in [0, 0.05) is 6.04 Å². The molecule has 0 bridgehead atoms. The lowest BCUT2D eigenvalue weighted by Gasteiger charge is -2.37. The smallest absolute Gasteiger partial charge is 0.101 e. The van der Waals surface area contributed by atoms with Gasteiger partial charge in [-0.25, -0.2) is 0 Å². The van der Waals surface area contributed by atoms with Crippen LogP contribution < -0.4 is 0 Å². The fourth-order valence-corrected chi connectivity index (χ4v) is 4.09. The largest absolute Gasteiger partial charge is 0.350 e. The number of hydrogen-bond donors (Lipinski definition) is 0. The van der Waals surface area contributed by atoms with Crippen molar-refractivity contribution in [2.75, 3.05) is 0 Å². The average molecular weight is 304 g/mol. The number of benzene rings is 2. The summed E-state index contributed by atoms with van der Waals surface area (Å²) in [4.78, 5) is 7.47. The van der Waals surface area contributed by atoms with E-state index in [1.165, 1.54) is 43.2 Å². The first-order chi connectivity index (χ1) is 11.4. The predicted molar refractivity (Wildman–Crippen MR) is 95.6 cm³/mol. The Labute approximate surface area is 138 Å². The maximum Gasteiger partial charge on any atom is 0.101 e. The molecule has 23 heavy (non-hydrogen) atoms. The van der Waals surface area contributed by atoms with E-state index in [2.05, 4.69) is 71.9 Å². The molecule has 0 aromatic heterocycles. The van der Waals surface area contributed by atoms with Gasteiger partial charge >= 0.3 is 0 Å². The Balaban J connectivity index is 1.68. The van der Waals surface area contributed by atoms with E-state index in [-0.39, 0.29) is 6.04 Å². The highest BCUT2D eigenvalue weighted by atomic mass is 15.3. The third-order valence-corrected chi connectivity index (χ3v) is 5.26. The molecule has 1 aliphatic carbocycles. The van der Waals surface area contributed by atoms with Crippen molar-refractivity contribution in [3.05, 3.63) is 71.8 Å². The molecule has 0 spiro atoms. The van der Waals surface area contributed by atoms with E-state index in [1.807, 2.05) is 0 Å². The molecule has 0 N–H and O–H groups in total. The van der Waals surface area contributed by atoms with Crippen LogP contribution in [0.3, 0.4) is 0 Å². The molecular weight excluding hydrogens is 280 g/mol. The van der Waals surface area contributed by atoms with Gasteiger partial charge in [-0.1, -0.05) is 79.9 Å². The third-order valence-electron chi connectivity index (χ3n) is 5.26. The summed E-state index contributed by atoms with van der Waals surface area (Å²) in [6, 6.07) is 22.8. The van der Waals surface area contributed by atoms with Crippen LogP contribution in [0.4, 0.5) is 0 Å². The molecule has 2 heteroatoms. The van der Waals surface area contributed by atoms with Gasteiger partial charge in [0.25, 0.3) is 0 Å². The number of nitrogens with zero attached hydrogens (tertiary/aromatic N) is 2. The van der Waals surface area contributed by atoms with E-state index in [4.69, 9.17) is 4.99 Å². The zero-order valence-corrected chi connectivity index (χ0v) is 13.5. The normalized spacial score (nSPS) is 25.0. The first-order valence-corrected chi connectivity index (χ1v) is 8.84. The molecule has 2 nitrogen and oxygen atoms in total. The van der Waals surface area contributed by atoms with Gasteiger partial charge in [-0.05, 0) is 24.0 Å². The second-order valence-electron chi connectivity index (χ2n) is 6.71. The standard InChI is InChI=1S/C21H24N2/c1-4-10-17(11-5-1)20-21(18-12-6-2-7-13-18)23(16-22-20)19-14-8-3-9-15-19/h1-2,4-7,10-13,16,19-21H,3,8-9,14-15H2/t20-,21+/m1/s1. The van der Waals surface area contributed by atoms with Gasteiger partial charge < -0.3 is 4.90 Å². The molecule has 2 aromatic rings. The summed E-state index contributed by atoms with van der Waals surface area (Å²) in [5.41, 5.74) is 2.69. The van der Waals surface area contributed by atoms with E-state index < -0.39 is 0 Å². The summed E-state index contributed by atoms with van der Waals surface area (Å²) in [5, 5.41) is 0. The van der Waals surface area contributed by atoms with Crippen LogP contribution in [-0.2, 0) is 0 Å². The van der Waals surface area contributed by atoms with Gasteiger partial charge in [-0.15, -0.1) is 0 Å². The van der Waals surface area contributed by atoms with Crippen molar-refractivity contribution in [1.29, 1.82) is 0 Å². The van der Waals surface area contributed by atoms with E-state index in [0.717, 1.165) is 0 Å². The van der Waals surface area contributed by atoms with Crippen LogP contribution in [0.1, 0.15) is 55.3 Å². The minimum absolute atomic E-state index is 0.209. The monoisotopic (exact) mass is 304 g/mol. The van der Waals surface area contributed by atoms with Crippen LogP contribution in [-0.4, -0.2) is 17.3 Å². The SMILES string of the molecule is C1=N[C@H](c2ccccc2)[C@H](c2ccccc2)N1C1CCCCC1.